The summed E-state index contributed by atoms with van der Waals surface area (Å²) in [5.41, 5.74) is 2.11. The molecule has 0 fully saturated rings. The second-order valence-electron chi connectivity index (χ2n) is 6.37. The lowest BCUT2D eigenvalue weighted by molar-refractivity contribution is 0.0475. The van der Waals surface area contributed by atoms with Gasteiger partial charge in [0.2, 0.25) is 0 Å². The number of anilines is 1. The van der Waals surface area contributed by atoms with Crippen LogP contribution < -0.4 is 5.32 Å². The quantitative estimate of drug-likeness (QED) is 0.499. The lowest BCUT2D eigenvalue weighted by Crippen LogP contribution is -2.18. The van der Waals surface area contributed by atoms with Crippen LogP contribution in [0.15, 0.2) is 72.8 Å². The van der Waals surface area contributed by atoms with Gasteiger partial charge >= 0.3 is 5.97 Å². The van der Waals surface area contributed by atoms with Gasteiger partial charge in [0, 0.05) is 11.1 Å². The molecule has 0 heterocycles. The average molecular weight is 391 g/mol. The number of para-hydroxylation sites is 1. The van der Waals surface area contributed by atoms with E-state index in [2.05, 4.69) is 5.32 Å². The SMILES string of the molecule is Cc1ccc(C(=O)Nc2ccccc2C(=O)OCC(=O)c2ccc(F)cc2)cc1. The van der Waals surface area contributed by atoms with Gasteiger partial charge in [-0.1, -0.05) is 29.8 Å². The smallest absolute Gasteiger partial charge is 0.340 e. The van der Waals surface area contributed by atoms with E-state index < -0.39 is 24.2 Å². The Morgan fingerprint density at radius 2 is 1.48 bits per heavy atom. The van der Waals surface area contributed by atoms with Crippen molar-refractivity contribution in [2.75, 3.05) is 11.9 Å². The van der Waals surface area contributed by atoms with Gasteiger partial charge in [-0.2, -0.15) is 0 Å². The number of ketones is 1. The number of nitrogens with one attached hydrogen (secondary N) is 1. The van der Waals surface area contributed by atoms with Gasteiger partial charge in [0.25, 0.3) is 5.91 Å². The predicted octanol–water partition coefficient (Wildman–Crippen LogP) is 4.43. The molecule has 0 radical (unpaired) electrons. The summed E-state index contributed by atoms with van der Waals surface area (Å²) in [6.07, 6.45) is 0. The molecule has 0 aromatic heterocycles. The number of amides is 1. The second-order valence-corrected chi connectivity index (χ2v) is 6.37. The topological polar surface area (TPSA) is 72.5 Å². The molecule has 6 heteroatoms. The highest BCUT2D eigenvalue weighted by molar-refractivity contribution is 6.08. The number of hydrogen-bond donors (Lipinski definition) is 1. The van der Waals surface area contributed by atoms with Crippen LogP contribution in [0.2, 0.25) is 0 Å². The van der Waals surface area contributed by atoms with E-state index in [1.807, 2.05) is 19.1 Å². The Bertz CT molecular complexity index is 1040. The van der Waals surface area contributed by atoms with Gasteiger partial charge in [-0.25, -0.2) is 9.18 Å². The van der Waals surface area contributed by atoms with Crippen LogP contribution in [0.1, 0.15) is 36.6 Å². The first-order chi connectivity index (χ1) is 13.9. The van der Waals surface area contributed by atoms with E-state index in [9.17, 15) is 18.8 Å². The maximum Gasteiger partial charge on any atom is 0.340 e. The number of rotatable bonds is 6. The fraction of sp³-hybridized carbons (Fsp3) is 0.0870. The third kappa shape index (κ3) is 5.13. The molecule has 0 saturated carbocycles. The molecule has 0 aliphatic heterocycles. The van der Waals surface area contributed by atoms with Crippen molar-refractivity contribution in [1.82, 2.24) is 0 Å². The van der Waals surface area contributed by atoms with Gasteiger partial charge < -0.3 is 10.1 Å². The second kappa shape index (κ2) is 8.93. The monoisotopic (exact) mass is 391 g/mol. The number of Topliss-reactive ketones (excluding diaryl/α,β-unsaturated/α-hetero) is 1. The molecule has 3 rings (SSSR count). The molecular formula is C23H18FNO4. The highest BCUT2D eigenvalue weighted by atomic mass is 19.1. The molecule has 0 bridgehead atoms. The fourth-order valence-corrected chi connectivity index (χ4v) is 2.60. The highest BCUT2D eigenvalue weighted by Gasteiger charge is 2.17. The average Bonchev–Trinajstić information content (AvgIpc) is 2.73. The van der Waals surface area contributed by atoms with Crippen LogP contribution >= 0.6 is 0 Å². The lowest BCUT2D eigenvalue weighted by Gasteiger charge is -2.11. The summed E-state index contributed by atoms with van der Waals surface area (Å²) in [7, 11) is 0. The van der Waals surface area contributed by atoms with Crippen molar-refractivity contribution >= 4 is 23.3 Å². The summed E-state index contributed by atoms with van der Waals surface area (Å²) in [6, 6.07) is 18.3. The standard InChI is InChI=1S/C23H18FNO4/c1-15-6-8-17(9-7-15)22(27)25-20-5-3-2-4-19(20)23(28)29-14-21(26)16-10-12-18(24)13-11-16/h2-13H,14H2,1H3,(H,25,27). The van der Waals surface area contributed by atoms with Gasteiger partial charge in [-0.05, 0) is 55.5 Å². The molecule has 29 heavy (non-hydrogen) atoms. The number of esters is 1. The molecule has 146 valence electrons. The van der Waals surface area contributed by atoms with Gasteiger partial charge in [0.05, 0.1) is 11.3 Å². The summed E-state index contributed by atoms with van der Waals surface area (Å²) >= 11 is 0. The van der Waals surface area contributed by atoms with E-state index in [4.69, 9.17) is 4.74 Å². The van der Waals surface area contributed by atoms with Crippen molar-refractivity contribution < 1.29 is 23.5 Å². The van der Waals surface area contributed by atoms with Crippen molar-refractivity contribution in [2.24, 2.45) is 0 Å². The molecule has 0 atom stereocenters. The van der Waals surface area contributed by atoms with Crippen LogP contribution in [0.3, 0.4) is 0 Å². The third-order valence-corrected chi connectivity index (χ3v) is 4.21. The molecule has 0 saturated heterocycles. The van der Waals surface area contributed by atoms with Gasteiger partial charge in [-0.3, -0.25) is 9.59 Å². The number of halogens is 1. The van der Waals surface area contributed by atoms with Crippen LogP contribution in [0.5, 0.6) is 0 Å². The summed E-state index contributed by atoms with van der Waals surface area (Å²) in [5, 5.41) is 2.69. The number of aryl methyl sites for hydroxylation is 1. The van der Waals surface area contributed by atoms with Gasteiger partial charge in [0.15, 0.2) is 12.4 Å². The predicted molar refractivity (Wildman–Crippen MR) is 107 cm³/mol. The van der Waals surface area contributed by atoms with Crippen LogP contribution in [0, 0.1) is 12.7 Å². The Hall–Kier alpha value is -3.80. The zero-order valence-corrected chi connectivity index (χ0v) is 15.6. The van der Waals surface area contributed by atoms with E-state index in [-0.39, 0.29) is 22.7 Å². The summed E-state index contributed by atoms with van der Waals surface area (Å²) < 4.78 is 18.0. The largest absolute Gasteiger partial charge is 0.454 e. The van der Waals surface area contributed by atoms with Crippen molar-refractivity contribution in [1.29, 1.82) is 0 Å². The highest BCUT2D eigenvalue weighted by Crippen LogP contribution is 2.18. The van der Waals surface area contributed by atoms with E-state index in [1.165, 1.54) is 18.2 Å². The summed E-state index contributed by atoms with van der Waals surface area (Å²) in [5.74, 6) is -2.04. The van der Waals surface area contributed by atoms with Crippen LogP contribution in [0.4, 0.5) is 10.1 Å². The van der Waals surface area contributed by atoms with Crippen molar-refractivity contribution in [2.45, 2.75) is 6.92 Å². The van der Waals surface area contributed by atoms with Crippen LogP contribution in [-0.2, 0) is 4.74 Å². The number of ether oxygens (including phenoxy) is 1. The van der Waals surface area contributed by atoms with Crippen molar-refractivity contribution in [3.8, 4) is 0 Å². The van der Waals surface area contributed by atoms with E-state index in [0.29, 0.717) is 5.56 Å². The molecule has 1 amide bonds. The molecule has 3 aromatic rings. The van der Waals surface area contributed by atoms with Gasteiger partial charge in [0.1, 0.15) is 5.82 Å². The number of benzene rings is 3. The Balaban J connectivity index is 1.68. The first-order valence-corrected chi connectivity index (χ1v) is 8.87. The zero-order chi connectivity index (χ0) is 20.8. The number of carbonyl (C=O) groups is 3. The molecule has 5 nitrogen and oxygen atoms in total. The minimum absolute atomic E-state index is 0.125. The molecule has 0 spiro atoms. The minimum Gasteiger partial charge on any atom is -0.454 e. The number of carbonyl (C=O) groups excluding carboxylic acids is 3. The fourth-order valence-electron chi connectivity index (χ4n) is 2.60. The zero-order valence-electron chi connectivity index (χ0n) is 15.6. The Morgan fingerprint density at radius 1 is 0.862 bits per heavy atom. The molecular weight excluding hydrogens is 373 g/mol. The first kappa shape index (κ1) is 19.9. The van der Waals surface area contributed by atoms with E-state index in [0.717, 1.165) is 17.7 Å². The first-order valence-electron chi connectivity index (χ1n) is 8.87. The Morgan fingerprint density at radius 3 is 2.17 bits per heavy atom. The minimum atomic E-state index is -0.750. The maximum atomic E-state index is 12.9. The van der Waals surface area contributed by atoms with Crippen LogP contribution in [0.25, 0.3) is 0 Å². The van der Waals surface area contributed by atoms with Crippen molar-refractivity contribution in [3.63, 3.8) is 0 Å². The summed E-state index contributed by atoms with van der Waals surface area (Å²) in [6.45, 7) is 1.42. The maximum absolute atomic E-state index is 12.9. The molecule has 0 unspecified atom stereocenters. The molecule has 0 aliphatic rings. The molecule has 1 N–H and O–H groups in total. The molecule has 0 aliphatic carbocycles. The third-order valence-electron chi connectivity index (χ3n) is 4.21. The lowest BCUT2D eigenvalue weighted by atomic mass is 10.1. The normalized spacial score (nSPS) is 10.3. The Kier molecular flexibility index (Phi) is 6.14. The molecule has 3 aromatic carbocycles. The van der Waals surface area contributed by atoms with E-state index in [1.54, 1.807) is 30.3 Å². The van der Waals surface area contributed by atoms with E-state index >= 15 is 0 Å². The number of hydrogen-bond acceptors (Lipinski definition) is 4. The Labute approximate surface area is 167 Å². The van der Waals surface area contributed by atoms with Gasteiger partial charge in [-0.15, -0.1) is 0 Å². The van der Waals surface area contributed by atoms with Crippen LogP contribution in [-0.4, -0.2) is 24.3 Å². The van der Waals surface area contributed by atoms with Crippen molar-refractivity contribution in [3.05, 3.63) is 101 Å². The summed E-state index contributed by atoms with van der Waals surface area (Å²) in [4.78, 5) is 37.0.